The molecule has 0 radical (unpaired) electrons. The first-order valence-electron chi connectivity index (χ1n) is 12.3. The summed E-state index contributed by atoms with van der Waals surface area (Å²) < 4.78 is 31.2. The van der Waals surface area contributed by atoms with Crippen molar-refractivity contribution in [2.75, 3.05) is 23.4 Å². The van der Waals surface area contributed by atoms with Gasteiger partial charge in [0.1, 0.15) is 16.1 Å². The third-order valence-electron chi connectivity index (χ3n) is 6.20. The highest BCUT2D eigenvalue weighted by atomic mass is 32.2. The normalized spacial score (nSPS) is 11.2. The molecule has 41 heavy (non-hydrogen) atoms. The van der Waals surface area contributed by atoms with Gasteiger partial charge in [0, 0.05) is 28.6 Å². The maximum absolute atomic E-state index is 13.4. The SMILES string of the molecule is COc1ccc(C#N)cc1-c1cc(C)ncc1C(=O)Nc1nc2ccc(-c3ccc(NS(C)(=O)=O)c(C)c3)nc2s1. The summed E-state index contributed by atoms with van der Waals surface area (Å²) in [5, 5.41) is 12.6. The van der Waals surface area contributed by atoms with Gasteiger partial charge in [0.2, 0.25) is 10.0 Å². The molecule has 0 aliphatic heterocycles. The van der Waals surface area contributed by atoms with Crippen LogP contribution in [0.1, 0.15) is 27.2 Å². The van der Waals surface area contributed by atoms with Gasteiger partial charge in [-0.15, -0.1) is 0 Å². The number of hydrogen-bond donors (Lipinski definition) is 2. The molecule has 3 heterocycles. The van der Waals surface area contributed by atoms with E-state index in [1.807, 2.05) is 32.0 Å². The molecule has 1 amide bonds. The van der Waals surface area contributed by atoms with E-state index >= 15 is 0 Å². The predicted octanol–water partition coefficient (Wildman–Crippen LogP) is 5.54. The van der Waals surface area contributed by atoms with Crippen molar-refractivity contribution >= 4 is 48.4 Å². The second kappa shape index (κ2) is 11.0. The Balaban J connectivity index is 1.45. The molecule has 0 saturated heterocycles. The van der Waals surface area contributed by atoms with Gasteiger partial charge in [0.05, 0.1) is 41.9 Å². The van der Waals surface area contributed by atoms with Crippen molar-refractivity contribution < 1.29 is 17.9 Å². The highest BCUT2D eigenvalue weighted by Gasteiger charge is 2.19. The molecule has 10 nitrogen and oxygen atoms in total. The fourth-order valence-corrected chi connectivity index (χ4v) is 5.75. The first kappa shape index (κ1) is 27.7. The van der Waals surface area contributed by atoms with Crippen LogP contribution in [0.4, 0.5) is 10.8 Å². The molecule has 2 aromatic carbocycles. The number of carbonyl (C=O) groups is 1. The fourth-order valence-electron chi connectivity index (χ4n) is 4.28. The number of aryl methyl sites for hydroxylation is 2. The monoisotopic (exact) mass is 584 g/mol. The van der Waals surface area contributed by atoms with Crippen LogP contribution in [-0.4, -0.2) is 42.6 Å². The van der Waals surface area contributed by atoms with E-state index in [0.29, 0.717) is 60.6 Å². The number of thiazole rings is 1. The zero-order valence-corrected chi connectivity index (χ0v) is 24.1. The number of nitrogens with zero attached hydrogens (tertiary/aromatic N) is 4. The smallest absolute Gasteiger partial charge is 0.259 e. The molecular formula is C29H24N6O4S2. The number of sulfonamides is 1. The second-order valence-corrected chi connectivity index (χ2v) is 12.0. The second-order valence-electron chi connectivity index (χ2n) is 9.30. The lowest BCUT2D eigenvalue weighted by molar-refractivity contribution is 0.102. The lowest BCUT2D eigenvalue weighted by atomic mass is 9.97. The zero-order valence-electron chi connectivity index (χ0n) is 22.5. The molecule has 0 atom stereocenters. The molecule has 12 heteroatoms. The highest BCUT2D eigenvalue weighted by Crippen LogP contribution is 2.35. The van der Waals surface area contributed by atoms with Gasteiger partial charge >= 0.3 is 0 Å². The number of fused-ring (bicyclic) bond motifs is 1. The van der Waals surface area contributed by atoms with Gasteiger partial charge in [-0.3, -0.25) is 19.8 Å². The van der Waals surface area contributed by atoms with E-state index in [1.54, 1.807) is 36.4 Å². The summed E-state index contributed by atoms with van der Waals surface area (Å²) in [5.41, 5.74) is 5.99. The molecule has 0 unspecified atom stereocenters. The maximum atomic E-state index is 13.4. The number of methoxy groups -OCH3 is 1. The molecule has 0 spiro atoms. The number of rotatable bonds is 7. The van der Waals surface area contributed by atoms with Gasteiger partial charge in [-0.2, -0.15) is 5.26 Å². The van der Waals surface area contributed by atoms with Crippen LogP contribution < -0.4 is 14.8 Å². The minimum absolute atomic E-state index is 0.301. The molecule has 0 aliphatic carbocycles. The number of nitrogens with one attached hydrogen (secondary N) is 2. The van der Waals surface area contributed by atoms with Gasteiger partial charge in [0.25, 0.3) is 5.91 Å². The summed E-state index contributed by atoms with van der Waals surface area (Å²) in [7, 11) is -1.86. The number of nitriles is 1. The lowest BCUT2D eigenvalue weighted by Crippen LogP contribution is -2.14. The number of pyridine rings is 2. The third kappa shape index (κ3) is 6.01. The van der Waals surface area contributed by atoms with Crippen molar-refractivity contribution in [1.82, 2.24) is 15.0 Å². The number of ether oxygens (including phenoxy) is 1. The van der Waals surface area contributed by atoms with Crippen molar-refractivity contribution in [3.8, 4) is 34.2 Å². The lowest BCUT2D eigenvalue weighted by Gasteiger charge is -2.13. The topological polar surface area (TPSA) is 147 Å². The summed E-state index contributed by atoms with van der Waals surface area (Å²) in [5.74, 6) is 0.108. The number of hydrogen-bond acceptors (Lipinski definition) is 9. The van der Waals surface area contributed by atoms with Gasteiger partial charge in [-0.05, 0) is 67.9 Å². The molecule has 5 aromatic rings. The Morgan fingerprint density at radius 2 is 1.83 bits per heavy atom. The Hall–Kier alpha value is -4.86. The minimum Gasteiger partial charge on any atom is -0.496 e. The molecule has 0 aliphatic rings. The van der Waals surface area contributed by atoms with E-state index in [2.05, 4.69) is 26.1 Å². The Morgan fingerprint density at radius 3 is 2.54 bits per heavy atom. The molecule has 0 saturated carbocycles. The fraction of sp³-hybridized carbons (Fsp3) is 0.138. The minimum atomic E-state index is -3.39. The van der Waals surface area contributed by atoms with E-state index < -0.39 is 15.9 Å². The van der Waals surface area contributed by atoms with Gasteiger partial charge in [-0.1, -0.05) is 17.4 Å². The van der Waals surface area contributed by atoms with E-state index in [-0.39, 0.29) is 0 Å². The number of anilines is 2. The van der Waals surface area contributed by atoms with Crippen molar-refractivity contribution in [2.24, 2.45) is 0 Å². The van der Waals surface area contributed by atoms with Gasteiger partial charge in [0.15, 0.2) is 5.13 Å². The molecule has 5 rings (SSSR count). The Bertz CT molecular complexity index is 1980. The van der Waals surface area contributed by atoms with Crippen LogP contribution >= 0.6 is 11.3 Å². The summed E-state index contributed by atoms with van der Waals surface area (Å²) in [6.45, 7) is 3.63. The van der Waals surface area contributed by atoms with Crippen LogP contribution in [0, 0.1) is 25.2 Å². The number of aromatic nitrogens is 3. The summed E-state index contributed by atoms with van der Waals surface area (Å²) >= 11 is 1.23. The predicted molar refractivity (Wildman–Crippen MR) is 160 cm³/mol. The van der Waals surface area contributed by atoms with Crippen molar-refractivity contribution in [2.45, 2.75) is 13.8 Å². The standard InChI is InChI=1S/C29H24N6O4S2/c1-16-11-19(6-7-23(16)35-41(4,37)38)24-8-9-25-28(32-24)40-29(33-25)34-27(36)22-15-31-17(2)12-20(22)21-13-18(14-30)5-10-26(21)39-3/h5-13,15,35H,1-4H3,(H,33,34,36). The van der Waals surface area contributed by atoms with Gasteiger partial charge < -0.3 is 4.74 Å². The number of amides is 1. The van der Waals surface area contributed by atoms with Crippen LogP contribution in [-0.2, 0) is 10.0 Å². The van der Waals surface area contributed by atoms with E-state index in [1.165, 1.54) is 24.6 Å². The molecule has 0 fully saturated rings. The summed E-state index contributed by atoms with van der Waals surface area (Å²) in [6.07, 6.45) is 2.60. The average molecular weight is 585 g/mol. The van der Waals surface area contributed by atoms with E-state index in [9.17, 15) is 18.5 Å². The van der Waals surface area contributed by atoms with E-state index in [0.717, 1.165) is 17.4 Å². The Morgan fingerprint density at radius 1 is 1.02 bits per heavy atom. The third-order valence-corrected chi connectivity index (χ3v) is 7.67. The Labute approximate surface area is 240 Å². The van der Waals surface area contributed by atoms with Crippen LogP contribution in [0.25, 0.3) is 32.7 Å². The van der Waals surface area contributed by atoms with Crippen LogP contribution in [0.3, 0.4) is 0 Å². The maximum Gasteiger partial charge on any atom is 0.259 e. The largest absolute Gasteiger partial charge is 0.496 e. The molecule has 3 aromatic heterocycles. The zero-order chi connectivity index (χ0) is 29.3. The quantitative estimate of drug-likeness (QED) is 0.253. The van der Waals surface area contributed by atoms with E-state index in [4.69, 9.17) is 9.72 Å². The summed E-state index contributed by atoms with van der Waals surface area (Å²) in [4.78, 5) is 27.6. The molecule has 2 N–H and O–H groups in total. The average Bonchev–Trinajstić information content (AvgIpc) is 3.34. The molecule has 0 bridgehead atoms. The molecule has 206 valence electrons. The highest BCUT2D eigenvalue weighted by molar-refractivity contribution is 7.92. The van der Waals surface area contributed by atoms with Crippen LogP contribution in [0.15, 0.2) is 60.8 Å². The molecular weight excluding hydrogens is 560 g/mol. The van der Waals surface area contributed by atoms with Crippen molar-refractivity contribution in [1.29, 1.82) is 5.26 Å². The van der Waals surface area contributed by atoms with Crippen molar-refractivity contribution in [3.63, 3.8) is 0 Å². The summed E-state index contributed by atoms with van der Waals surface area (Å²) in [6, 6.07) is 17.9. The Kier molecular flexibility index (Phi) is 7.40. The number of benzene rings is 2. The van der Waals surface area contributed by atoms with Crippen LogP contribution in [0.5, 0.6) is 5.75 Å². The number of carbonyl (C=O) groups excluding carboxylic acids is 1. The van der Waals surface area contributed by atoms with Crippen molar-refractivity contribution in [3.05, 3.63) is 83.2 Å². The van der Waals surface area contributed by atoms with Gasteiger partial charge in [-0.25, -0.2) is 18.4 Å². The van der Waals surface area contributed by atoms with Crippen LogP contribution in [0.2, 0.25) is 0 Å². The first-order valence-corrected chi connectivity index (χ1v) is 15.0. The first-order chi connectivity index (χ1) is 19.5.